The zero-order valence-electron chi connectivity index (χ0n) is 18.7. The van der Waals surface area contributed by atoms with Crippen molar-refractivity contribution in [1.82, 2.24) is 9.62 Å². The Balaban J connectivity index is 1.69. The summed E-state index contributed by atoms with van der Waals surface area (Å²) in [5, 5.41) is 3.71. The molecule has 1 atom stereocenters. The van der Waals surface area contributed by atoms with Crippen LogP contribution < -0.4 is 10.2 Å². The van der Waals surface area contributed by atoms with Gasteiger partial charge in [-0.1, -0.05) is 17.7 Å². The van der Waals surface area contributed by atoms with Gasteiger partial charge >= 0.3 is 0 Å². The molecule has 1 saturated heterocycles. The van der Waals surface area contributed by atoms with E-state index in [1.54, 1.807) is 13.0 Å². The van der Waals surface area contributed by atoms with E-state index in [9.17, 15) is 13.2 Å². The Bertz CT molecular complexity index is 1100. The van der Waals surface area contributed by atoms with Crippen LogP contribution in [0.3, 0.4) is 0 Å². The number of hydrogen-bond acceptors (Lipinski definition) is 4. The lowest BCUT2D eigenvalue weighted by Gasteiger charge is -2.21. The largest absolute Gasteiger partial charge is 0.371 e. The quantitative estimate of drug-likeness (QED) is 0.707. The van der Waals surface area contributed by atoms with E-state index in [2.05, 4.69) is 17.1 Å². The van der Waals surface area contributed by atoms with E-state index in [0.29, 0.717) is 23.6 Å². The molecule has 6 nitrogen and oxygen atoms in total. The van der Waals surface area contributed by atoms with Crippen LogP contribution in [-0.4, -0.2) is 52.4 Å². The fourth-order valence-electron chi connectivity index (χ4n) is 3.90. The summed E-state index contributed by atoms with van der Waals surface area (Å²) in [7, 11) is -0.646. The highest BCUT2D eigenvalue weighted by Crippen LogP contribution is 2.29. The number of halogens is 1. The third kappa shape index (κ3) is 5.05. The molecule has 31 heavy (non-hydrogen) atoms. The number of carbonyl (C=O) groups excluding carboxylic acids is 1. The van der Waals surface area contributed by atoms with E-state index in [0.717, 1.165) is 35.8 Å². The van der Waals surface area contributed by atoms with Crippen LogP contribution in [0.5, 0.6) is 0 Å². The number of sulfonamides is 1. The van der Waals surface area contributed by atoms with Crippen LogP contribution in [0.25, 0.3) is 0 Å². The summed E-state index contributed by atoms with van der Waals surface area (Å²) in [6, 6.07) is 9.12. The van der Waals surface area contributed by atoms with Crippen LogP contribution in [0.15, 0.2) is 35.2 Å². The molecule has 1 fully saturated rings. The fourth-order valence-corrected chi connectivity index (χ4v) is 5.29. The summed E-state index contributed by atoms with van der Waals surface area (Å²) in [4.78, 5) is 15.3. The van der Waals surface area contributed by atoms with Gasteiger partial charge in [-0.2, -0.15) is 0 Å². The molecule has 0 aromatic heterocycles. The predicted molar refractivity (Wildman–Crippen MR) is 126 cm³/mol. The topological polar surface area (TPSA) is 69.7 Å². The molecule has 1 unspecified atom stereocenters. The first-order valence-electron chi connectivity index (χ1n) is 10.3. The SMILES string of the molecule is Cc1ccc(Cl)cc1N1CCC(CNC(=O)c2cc(C)c(C)c(S(=O)(=O)N(C)C)c2)C1. The van der Waals surface area contributed by atoms with Gasteiger partial charge in [-0.15, -0.1) is 0 Å². The van der Waals surface area contributed by atoms with Gasteiger partial charge in [0.05, 0.1) is 4.90 Å². The summed E-state index contributed by atoms with van der Waals surface area (Å²) in [5.41, 5.74) is 4.11. The first-order valence-corrected chi connectivity index (χ1v) is 12.2. The smallest absolute Gasteiger partial charge is 0.251 e. The number of rotatable bonds is 6. The van der Waals surface area contributed by atoms with Crippen molar-refractivity contribution >= 4 is 33.2 Å². The second kappa shape index (κ2) is 9.18. The van der Waals surface area contributed by atoms with Crippen molar-refractivity contribution in [2.75, 3.05) is 38.6 Å². The maximum absolute atomic E-state index is 12.8. The Morgan fingerprint density at radius 2 is 1.87 bits per heavy atom. The van der Waals surface area contributed by atoms with Crippen molar-refractivity contribution in [3.05, 3.63) is 57.6 Å². The highest BCUT2D eigenvalue weighted by molar-refractivity contribution is 7.89. The molecule has 2 aromatic rings. The van der Waals surface area contributed by atoms with Crippen molar-refractivity contribution in [2.45, 2.75) is 32.1 Å². The summed E-state index contributed by atoms with van der Waals surface area (Å²) in [5.74, 6) is 0.0644. The number of carbonyl (C=O) groups is 1. The molecule has 8 heteroatoms. The third-order valence-electron chi connectivity index (χ3n) is 5.99. The monoisotopic (exact) mass is 463 g/mol. The van der Waals surface area contributed by atoms with Crippen molar-refractivity contribution in [2.24, 2.45) is 5.92 Å². The van der Waals surface area contributed by atoms with Crippen LogP contribution in [0, 0.1) is 26.7 Å². The first-order chi connectivity index (χ1) is 14.5. The molecule has 0 aliphatic carbocycles. The first kappa shape index (κ1) is 23.6. The Morgan fingerprint density at radius 1 is 1.16 bits per heavy atom. The lowest BCUT2D eigenvalue weighted by atomic mass is 10.0. The van der Waals surface area contributed by atoms with Gasteiger partial charge in [-0.25, -0.2) is 12.7 Å². The van der Waals surface area contributed by atoms with Crippen molar-refractivity contribution in [3.8, 4) is 0 Å². The Hall–Kier alpha value is -2.09. The standard InChI is InChI=1S/C23H30ClN3O3S/c1-15-6-7-20(24)12-21(15)27-9-8-18(14-27)13-25-23(28)19-10-16(2)17(3)22(11-19)31(29,30)26(4)5/h6-7,10-12,18H,8-9,13-14H2,1-5H3,(H,25,28). The molecular weight excluding hydrogens is 434 g/mol. The third-order valence-corrected chi connectivity index (χ3v) is 8.17. The molecule has 1 N–H and O–H groups in total. The number of hydrogen-bond donors (Lipinski definition) is 1. The van der Waals surface area contributed by atoms with E-state index in [-0.39, 0.29) is 10.8 Å². The predicted octanol–water partition coefficient (Wildman–Crippen LogP) is 3.77. The molecule has 3 rings (SSSR count). The second-order valence-corrected chi connectivity index (χ2v) is 11.0. The van der Waals surface area contributed by atoms with Crippen molar-refractivity contribution < 1.29 is 13.2 Å². The maximum atomic E-state index is 12.8. The van der Waals surface area contributed by atoms with Gasteiger partial charge in [0.2, 0.25) is 10.0 Å². The highest BCUT2D eigenvalue weighted by Gasteiger charge is 2.26. The molecule has 1 amide bonds. The summed E-state index contributed by atoms with van der Waals surface area (Å²) in [6.07, 6.45) is 0.972. The molecule has 0 spiro atoms. The van der Waals surface area contributed by atoms with Crippen LogP contribution in [-0.2, 0) is 10.0 Å². The van der Waals surface area contributed by atoms with E-state index < -0.39 is 10.0 Å². The van der Waals surface area contributed by atoms with E-state index >= 15 is 0 Å². The number of nitrogens with one attached hydrogen (secondary N) is 1. The minimum atomic E-state index is -3.63. The van der Waals surface area contributed by atoms with Gasteiger partial charge in [-0.05, 0) is 74.1 Å². The number of amides is 1. The van der Waals surface area contributed by atoms with Gasteiger partial charge in [0, 0.05) is 50.0 Å². The molecule has 1 aliphatic heterocycles. The molecular formula is C23H30ClN3O3S. The van der Waals surface area contributed by atoms with Crippen molar-refractivity contribution in [3.63, 3.8) is 0 Å². The number of anilines is 1. The lowest BCUT2D eigenvalue weighted by molar-refractivity contribution is 0.0948. The second-order valence-electron chi connectivity index (χ2n) is 8.45. The number of nitrogens with zero attached hydrogens (tertiary/aromatic N) is 2. The Kier molecular flexibility index (Phi) is 6.98. The molecule has 0 radical (unpaired) electrons. The Morgan fingerprint density at radius 3 is 2.55 bits per heavy atom. The molecule has 0 saturated carbocycles. The molecule has 0 bridgehead atoms. The molecule has 168 valence electrons. The normalized spacial score (nSPS) is 16.7. The molecule has 1 aliphatic rings. The van der Waals surface area contributed by atoms with Crippen LogP contribution in [0.2, 0.25) is 5.02 Å². The number of aryl methyl sites for hydroxylation is 2. The van der Waals surface area contributed by atoms with Gasteiger partial charge in [0.15, 0.2) is 0 Å². The molecule has 2 aromatic carbocycles. The van der Waals surface area contributed by atoms with Crippen LogP contribution >= 0.6 is 11.6 Å². The zero-order chi connectivity index (χ0) is 22.9. The van der Waals surface area contributed by atoms with Crippen LogP contribution in [0.4, 0.5) is 5.69 Å². The van der Waals surface area contributed by atoms with Gasteiger partial charge in [-0.3, -0.25) is 4.79 Å². The average Bonchev–Trinajstić information content (AvgIpc) is 3.18. The van der Waals surface area contributed by atoms with E-state index in [1.807, 2.05) is 25.1 Å². The Labute approximate surface area is 190 Å². The summed E-state index contributed by atoms with van der Waals surface area (Å²) >= 11 is 6.16. The van der Waals surface area contributed by atoms with E-state index in [1.165, 1.54) is 30.0 Å². The van der Waals surface area contributed by atoms with Crippen LogP contribution in [0.1, 0.15) is 33.5 Å². The number of benzene rings is 2. The average molecular weight is 464 g/mol. The van der Waals surface area contributed by atoms with Gasteiger partial charge < -0.3 is 10.2 Å². The lowest BCUT2D eigenvalue weighted by Crippen LogP contribution is -2.31. The maximum Gasteiger partial charge on any atom is 0.251 e. The van der Waals surface area contributed by atoms with Crippen molar-refractivity contribution in [1.29, 1.82) is 0 Å². The minimum absolute atomic E-state index is 0.172. The summed E-state index contributed by atoms with van der Waals surface area (Å²) in [6.45, 7) is 7.95. The van der Waals surface area contributed by atoms with Gasteiger partial charge in [0.1, 0.15) is 0 Å². The highest BCUT2D eigenvalue weighted by atomic mass is 35.5. The summed E-state index contributed by atoms with van der Waals surface area (Å²) < 4.78 is 26.5. The molecule has 1 heterocycles. The van der Waals surface area contributed by atoms with E-state index in [4.69, 9.17) is 11.6 Å². The zero-order valence-corrected chi connectivity index (χ0v) is 20.3. The minimum Gasteiger partial charge on any atom is -0.371 e. The fraction of sp³-hybridized carbons (Fsp3) is 0.435. The van der Waals surface area contributed by atoms with Gasteiger partial charge in [0.25, 0.3) is 5.91 Å².